The first-order valence-corrected chi connectivity index (χ1v) is 7.08. The lowest BCUT2D eigenvalue weighted by Gasteiger charge is -2.09. The van der Waals surface area contributed by atoms with Gasteiger partial charge in [-0.25, -0.2) is 18.1 Å². The largest absolute Gasteiger partial charge is 0.495 e. The van der Waals surface area contributed by atoms with Crippen molar-refractivity contribution in [2.45, 2.75) is 11.4 Å². The van der Waals surface area contributed by atoms with Gasteiger partial charge < -0.3 is 4.74 Å². The lowest BCUT2D eigenvalue weighted by Crippen LogP contribution is -2.24. The van der Waals surface area contributed by atoms with Crippen LogP contribution in [-0.4, -0.2) is 35.6 Å². The molecule has 0 aliphatic heterocycles. The van der Waals surface area contributed by atoms with Crippen LogP contribution < -0.4 is 9.46 Å². The second-order valence-electron chi connectivity index (χ2n) is 3.85. The van der Waals surface area contributed by atoms with Gasteiger partial charge in [0.25, 0.3) is 5.69 Å². The molecule has 0 fully saturated rings. The van der Waals surface area contributed by atoms with Crippen molar-refractivity contribution in [3.63, 3.8) is 0 Å². The third kappa shape index (κ3) is 3.32. The normalized spacial score (nSPS) is 11.3. The molecule has 0 saturated carbocycles. The maximum absolute atomic E-state index is 12.2. The Morgan fingerprint density at radius 3 is 2.81 bits per heavy atom. The maximum atomic E-state index is 12.2. The fourth-order valence-corrected chi connectivity index (χ4v) is 2.72. The number of nitrogens with zero attached hydrogens (tertiary/aromatic N) is 3. The van der Waals surface area contributed by atoms with E-state index in [1.54, 1.807) is 0 Å². The van der Waals surface area contributed by atoms with Crippen LogP contribution >= 0.6 is 0 Å². The molecule has 1 aromatic carbocycles. The van der Waals surface area contributed by atoms with Crippen LogP contribution in [0, 0.1) is 10.1 Å². The van der Waals surface area contributed by atoms with Gasteiger partial charge in [0.15, 0.2) is 0 Å². The lowest BCUT2D eigenvalue weighted by atomic mass is 10.3. The molecular formula is C10H11N5O5S. The Kier molecular flexibility index (Phi) is 4.14. The van der Waals surface area contributed by atoms with Crippen molar-refractivity contribution in [1.82, 2.24) is 19.9 Å². The van der Waals surface area contributed by atoms with Crippen molar-refractivity contribution < 1.29 is 18.1 Å². The number of nitro benzene ring substituents is 1. The summed E-state index contributed by atoms with van der Waals surface area (Å²) in [6.07, 6.45) is 1.23. The van der Waals surface area contributed by atoms with E-state index in [0.29, 0.717) is 5.82 Å². The molecule has 0 spiro atoms. The molecule has 0 bridgehead atoms. The molecule has 2 N–H and O–H groups in total. The third-order valence-electron chi connectivity index (χ3n) is 2.54. The fourth-order valence-electron chi connectivity index (χ4n) is 1.55. The van der Waals surface area contributed by atoms with Crippen molar-refractivity contribution in [1.29, 1.82) is 0 Å². The number of rotatable bonds is 6. The van der Waals surface area contributed by atoms with E-state index in [1.807, 2.05) is 0 Å². The molecule has 1 aromatic heterocycles. The fraction of sp³-hybridized carbons (Fsp3) is 0.200. The number of methoxy groups -OCH3 is 1. The second-order valence-corrected chi connectivity index (χ2v) is 5.58. The summed E-state index contributed by atoms with van der Waals surface area (Å²) in [5.41, 5.74) is -0.351. The standard InChI is InChI=1S/C10H11N5O5S/c1-20-8-3-2-7(15(16)17)4-9(8)21(18,19)13-5-10-11-6-12-14-10/h2-4,6,13H,5H2,1H3,(H,11,12,14). The number of aromatic amines is 1. The smallest absolute Gasteiger partial charge is 0.271 e. The van der Waals surface area contributed by atoms with Gasteiger partial charge in [0.05, 0.1) is 18.6 Å². The monoisotopic (exact) mass is 313 g/mol. The molecule has 10 nitrogen and oxygen atoms in total. The van der Waals surface area contributed by atoms with E-state index in [2.05, 4.69) is 19.9 Å². The molecule has 112 valence electrons. The van der Waals surface area contributed by atoms with Crippen LogP contribution in [0.15, 0.2) is 29.4 Å². The Morgan fingerprint density at radius 2 is 2.24 bits per heavy atom. The lowest BCUT2D eigenvalue weighted by molar-refractivity contribution is -0.385. The molecule has 0 aliphatic rings. The van der Waals surface area contributed by atoms with Crippen LogP contribution in [0.25, 0.3) is 0 Å². The minimum Gasteiger partial charge on any atom is -0.495 e. The highest BCUT2D eigenvalue weighted by Crippen LogP contribution is 2.27. The summed E-state index contributed by atoms with van der Waals surface area (Å²) in [4.78, 5) is 13.5. The van der Waals surface area contributed by atoms with E-state index >= 15 is 0 Å². The van der Waals surface area contributed by atoms with Crippen molar-refractivity contribution in [3.05, 3.63) is 40.5 Å². The first-order chi connectivity index (χ1) is 9.94. The number of H-pyrrole nitrogens is 1. The molecule has 2 rings (SSSR count). The van der Waals surface area contributed by atoms with Gasteiger partial charge in [-0.3, -0.25) is 15.2 Å². The Labute approximate surface area is 119 Å². The first-order valence-electron chi connectivity index (χ1n) is 5.60. The van der Waals surface area contributed by atoms with Crippen LogP contribution in [0.5, 0.6) is 5.75 Å². The van der Waals surface area contributed by atoms with Gasteiger partial charge in [-0.2, -0.15) is 5.10 Å². The summed E-state index contributed by atoms with van der Waals surface area (Å²) in [6.45, 7) is -0.131. The second kappa shape index (κ2) is 5.85. The van der Waals surface area contributed by atoms with Gasteiger partial charge in [0.2, 0.25) is 10.0 Å². The zero-order valence-electron chi connectivity index (χ0n) is 10.8. The number of aromatic nitrogens is 3. The molecule has 0 saturated heterocycles. The summed E-state index contributed by atoms with van der Waals surface area (Å²) in [5, 5.41) is 16.8. The van der Waals surface area contributed by atoms with E-state index in [0.717, 1.165) is 12.1 Å². The number of ether oxygens (including phenoxy) is 1. The maximum Gasteiger partial charge on any atom is 0.271 e. The number of hydrogen-bond acceptors (Lipinski definition) is 7. The van der Waals surface area contributed by atoms with Gasteiger partial charge in [0, 0.05) is 12.1 Å². The van der Waals surface area contributed by atoms with E-state index < -0.39 is 14.9 Å². The topological polar surface area (TPSA) is 140 Å². The Bertz CT molecular complexity index is 743. The zero-order valence-corrected chi connectivity index (χ0v) is 11.6. The minimum atomic E-state index is -4.00. The summed E-state index contributed by atoms with van der Waals surface area (Å²) >= 11 is 0. The van der Waals surface area contributed by atoms with E-state index in [-0.39, 0.29) is 22.9 Å². The van der Waals surface area contributed by atoms with Crippen molar-refractivity contribution in [3.8, 4) is 5.75 Å². The minimum absolute atomic E-state index is 0.00525. The summed E-state index contributed by atoms with van der Waals surface area (Å²) in [5.74, 6) is 0.314. The number of non-ortho nitro benzene ring substituents is 1. The van der Waals surface area contributed by atoms with Crippen LogP contribution in [0.3, 0.4) is 0 Å². The third-order valence-corrected chi connectivity index (χ3v) is 3.96. The van der Waals surface area contributed by atoms with E-state index in [1.165, 1.54) is 19.5 Å². The molecule has 0 radical (unpaired) electrons. The first kappa shape index (κ1) is 14.9. The number of hydrogen-bond donors (Lipinski definition) is 2. The highest BCUT2D eigenvalue weighted by atomic mass is 32.2. The van der Waals surface area contributed by atoms with Crippen LogP contribution in [0.4, 0.5) is 5.69 Å². The predicted octanol–water partition coefficient (Wildman–Crippen LogP) is 0.200. The van der Waals surface area contributed by atoms with Crippen molar-refractivity contribution in [2.75, 3.05) is 7.11 Å². The predicted molar refractivity (Wildman–Crippen MR) is 70.1 cm³/mol. The van der Waals surface area contributed by atoms with Crippen LogP contribution in [0.2, 0.25) is 0 Å². The van der Waals surface area contributed by atoms with Gasteiger partial charge in [0.1, 0.15) is 22.8 Å². The quantitative estimate of drug-likeness (QED) is 0.573. The summed E-state index contributed by atoms with van der Waals surface area (Å²) < 4.78 is 31.6. The molecule has 0 amide bonds. The molecule has 2 aromatic rings. The van der Waals surface area contributed by atoms with Crippen molar-refractivity contribution >= 4 is 15.7 Å². The molecule has 0 unspecified atom stereocenters. The van der Waals surface area contributed by atoms with Crippen LogP contribution in [0.1, 0.15) is 5.82 Å². The molecule has 1 heterocycles. The summed E-state index contributed by atoms with van der Waals surface area (Å²) in [6, 6.07) is 3.32. The molecule has 11 heteroatoms. The Balaban J connectivity index is 2.33. The highest BCUT2D eigenvalue weighted by molar-refractivity contribution is 7.89. The Morgan fingerprint density at radius 1 is 1.48 bits per heavy atom. The SMILES string of the molecule is COc1ccc([N+](=O)[O-])cc1S(=O)(=O)NCc1ncn[nH]1. The number of nitrogens with one attached hydrogen (secondary N) is 2. The Hall–Kier alpha value is -2.53. The van der Waals surface area contributed by atoms with Crippen LogP contribution in [-0.2, 0) is 16.6 Å². The summed E-state index contributed by atoms with van der Waals surface area (Å²) in [7, 11) is -2.73. The molecule has 0 atom stereocenters. The van der Waals surface area contributed by atoms with Crippen molar-refractivity contribution in [2.24, 2.45) is 0 Å². The average molecular weight is 313 g/mol. The molecule has 0 aliphatic carbocycles. The number of sulfonamides is 1. The van der Waals surface area contributed by atoms with E-state index in [9.17, 15) is 18.5 Å². The number of nitro groups is 1. The highest BCUT2D eigenvalue weighted by Gasteiger charge is 2.23. The number of benzene rings is 1. The average Bonchev–Trinajstić information content (AvgIpc) is 2.98. The van der Waals surface area contributed by atoms with Gasteiger partial charge in [-0.15, -0.1) is 0 Å². The van der Waals surface area contributed by atoms with E-state index in [4.69, 9.17) is 4.74 Å². The molecule has 21 heavy (non-hydrogen) atoms. The van der Waals surface area contributed by atoms with Gasteiger partial charge in [-0.05, 0) is 6.07 Å². The van der Waals surface area contributed by atoms with Gasteiger partial charge >= 0.3 is 0 Å². The zero-order chi connectivity index (χ0) is 15.5. The van der Waals surface area contributed by atoms with Gasteiger partial charge in [-0.1, -0.05) is 0 Å². The molecular weight excluding hydrogens is 302 g/mol.